The molecule has 0 atom stereocenters. The molecule has 31 heavy (non-hydrogen) atoms. The van der Waals surface area contributed by atoms with Gasteiger partial charge in [0.2, 0.25) is 0 Å². The van der Waals surface area contributed by atoms with Gasteiger partial charge in [0.15, 0.2) is 5.78 Å². The lowest BCUT2D eigenvalue weighted by Gasteiger charge is -2.15. The van der Waals surface area contributed by atoms with Gasteiger partial charge in [-0.25, -0.2) is 0 Å². The predicted molar refractivity (Wildman–Crippen MR) is 107 cm³/mol. The quantitative estimate of drug-likeness (QED) is 0.394. The summed E-state index contributed by atoms with van der Waals surface area (Å²) >= 11 is 5.78. The highest BCUT2D eigenvalue weighted by atomic mass is 35.5. The van der Waals surface area contributed by atoms with Crippen LogP contribution in [0.3, 0.4) is 0 Å². The molecule has 3 rings (SSSR count). The van der Waals surface area contributed by atoms with E-state index in [1.54, 1.807) is 0 Å². The minimum absolute atomic E-state index is 0.0430. The zero-order valence-electron chi connectivity index (χ0n) is 15.8. The van der Waals surface area contributed by atoms with E-state index in [0.29, 0.717) is 10.8 Å². The van der Waals surface area contributed by atoms with E-state index in [1.807, 2.05) is 0 Å². The molecule has 0 aromatic heterocycles. The first-order valence-electron chi connectivity index (χ1n) is 8.96. The van der Waals surface area contributed by atoms with Gasteiger partial charge in [-0.3, -0.25) is 4.79 Å². The fourth-order valence-electron chi connectivity index (χ4n) is 3.00. The van der Waals surface area contributed by atoms with Crippen molar-refractivity contribution in [2.45, 2.75) is 19.0 Å². The highest BCUT2D eigenvalue weighted by molar-refractivity contribution is 6.30. The second-order valence-corrected chi connectivity index (χ2v) is 7.09. The molecule has 0 aliphatic rings. The van der Waals surface area contributed by atoms with Gasteiger partial charge in [-0.05, 0) is 48.4 Å². The zero-order chi connectivity index (χ0) is 22.8. The third-order valence-corrected chi connectivity index (χ3v) is 4.67. The van der Waals surface area contributed by atoms with E-state index < -0.39 is 46.8 Å². The van der Waals surface area contributed by atoms with E-state index in [-0.39, 0.29) is 17.7 Å². The number of halogens is 4. The molecule has 0 bridgehead atoms. The largest absolute Gasteiger partial charge is 0.508 e. The monoisotopic (exact) mass is 452 g/mol. The summed E-state index contributed by atoms with van der Waals surface area (Å²) < 4.78 is 46.2. The molecule has 3 N–H and O–H groups in total. The lowest BCUT2D eigenvalue weighted by Crippen LogP contribution is -2.11. The molecule has 5 nitrogen and oxygen atoms in total. The molecular formula is C22H16ClF3O5. The van der Waals surface area contributed by atoms with Crippen molar-refractivity contribution in [3.8, 4) is 28.7 Å². The van der Waals surface area contributed by atoms with Crippen LogP contribution >= 0.6 is 11.6 Å². The van der Waals surface area contributed by atoms with E-state index in [0.717, 1.165) is 18.2 Å². The Bertz CT molecular complexity index is 1090. The smallest absolute Gasteiger partial charge is 0.416 e. The number of hydrogen-bond acceptors (Lipinski definition) is 5. The number of ether oxygens (including phenoxy) is 1. The van der Waals surface area contributed by atoms with Crippen LogP contribution in [-0.2, 0) is 12.6 Å². The highest BCUT2D eigenvalue weighted by Gasteiger charge is 2.34. The second-order valence-electron chi connectivity index (χ2n) is 6.65. The SMILES string of the molecule is O=C(CCc1ccc(Oc2ccc(Cl)cc2)cc1C(F)(F)F)c1c(O)cc(O)cc1O. The molecule has 9 heteroatoms. The zero-order valence-corrected chi connectivity index (χ0v) is 16.5. The summed E-state index contributed by atoms with van der Waals surface area (Å²) in [6, 6.07) is 11.2. The number of carbonyl (C=O) groups excluding carboxylic acids is 1. The number of ketones is 1. The first-order chi connectivity index (χ1) is 14.5. The van der Waals surface area contributed by atoms with E-state index in [2.05, 4.69) is 0 Å². The molecule has 0 fully saturated rings. The van der Waals surface area contributed by atoms with Crippen LogP contribution in [0.5, 0.6) is 28.7 Å². The fourth-order valence-corrected chi connectivity index (χ4v) is 3.12. The molecule has 0 radical (unpaired) electrons. The molecule has 0 saturated heterocycles. The van der Waals surface area contributed by atoms with Crippen LogP contribution in [0, 0.1) is 0 Å². The lowest BCUT2D eigenvalue weighted by molar-refractivity contribution is -0.138. The van der Waals surface area contributed by atoms with Gasteiger partial charge in [-0.15, -0.1) is 0 Å². The van der Waals surface area contributed by atoms with E-state index in [1.165, 1.54) is 36.4 Å². The van der Waals surface area contributed by atoms with Crippen molar-refractivity contribution in [3.05, 3.63) is 76.3 Å². The van der Waals surface area contributed by atoms with E-state index in [4.69, 9.17) is 16.3 Å². The average molecular weight is 453 g/mol. The van der Waals surface area contributed by atoms with Crippen molar-refractivity contribution >= 4 is 17.4 Å². The van der Waals surface area contributed by atoms with Gasteiger partial charge < -0.3 is 20.1 Å². The lowest BCUT2D eigenvalue weighted by atomic mass is 9.97. The molecule has 0 spiro atoms. The van der Waals surface area contributed by atoms with Gasteiger partial charge >= 0.3 is 6.18 Å². The molecular weight excluding hydrogens is 437 g/mol. The summed E-state index contributed by atoms with van der Waals surface area (Å²) in [5, 5.41) is 29.3. The van der Waals surface area contributed by atoms with Crippen LogP contribution in [0.1, 0.15) is 27.9 Å². The molecule has 0 aliphatic heterocycles. The Labute approximate surface area is 179 Å². The summed E-state index contributed by atoms with van der Waals surface area (Å²) in [5.41, 5.74) is -1.58. The number of hydrogen-bond donors (Lipinski definition) is 3. The van der Waals surface area contributed by atoms with E-state index in [9.17, 15) is 33.3 Å². The standard InChI is InChI=1S/C22H16ClF3O5/c23-13-3-6-15(7-4-13)31-16-5-1-12(17(11-16)22(24,25)26)2-8-18(28)21-19(29)9-14(27)10-20(21)30/h1,3-7,9-11,27,29-30H,2,8H2. The van der Waals surface area contributed by atoms with Crippen LogP contribution in [0.25, 0.3) is 0 Å². The maximum atomic E-state index is 13.6. The van der Waals surface area contributed by atoms with Crippen LogP contribution in [0.4, 0.5) is 13.2 Å². The molecule has 162 valence electrons. The first-order valence-corrected chi connectivity index (χ1v) is 9.34. The molecule has 0 saturated carbocycles. The molecule has 0 unspecified atom stereocenters. The molecule has 0 heterocycles. The van der Waals surface area contributed by atoms with Crippen molar-refractivity contribution in [2.75, 3.05) is 0 Å². The van der Waals surface area contributed by atoms with Crippen LogP contribution in [-0.4, -0.2) is 21.1 Å². The van der Waals surface area contributed by atoms with Gasteiger partial charge in [-0.2, -0.15) is 13.2 Å². The molecule has 0 aliphatic carbocycles. The van der Waals surface area contributed by atoms with Crippen molar-refractivity contribution < 1.29 is 38.0 Å². The Morgan fingerprint density at radius 3 is 2.06 bits per heavy atom. The summed E-state index contributed by atoms with van der Waals surface area (Å²) in [5.74, 6) is -2.29. The molecule has 3 aromatic carbocycles. The number of aromatic hydroxyl groups is 3. The highest BCUT2D eigenvalue weighted by Crippen LogP contribution is 2.37. The first kappa shape index (κ1) is 22.3. The number of phenolic OH excluding ortho intramolecular Hbond substituents is 3. The van der Waals surface area contributed by atoms with Gasteiger partial charge in [0.05, 0.1) is 5.56 Å². The van der Waals surface area contributed by atoms with Gasteiger partial charge in [-0.1, -0.05) is 17.7 Å². The summed E-state index contributed by atoms with van der Waals surface area (Å²) in [7, 11) is 0. The second kappa shape index (κ2) is 8.77. The minimum Gasteiger partial charge on any atom is -0.508 e. The Balaban J connectivity index is 1.82. The molecule has 0 amide bonds. The minimum atomic E-state index is -4.69. The number of aryl methyl sites for hydroxylation is 1. The topological polar surface area (TPSA) is 87.0 Å². The number of carbonyl (C=O) groups is 1. The summed E-state index contributed by atoms with van der Waals surface area (Å²) in [4.78, 5) is 12.3. The maximum absolute atomic E-state index is 13.6. The number of rotatable bonds is 6. The van der Waals surface area contributed by atoms with Crippen molar-refractivity contribution in [1.82, 2.24) is 0 Å². The fraction of sp³-hybridized carbons (Fsp3) is 0.136. The number of benzene rings is 3. The Kier molecular flexibility index (Phi) is 6.31. The molecule has 3 aromatic rings. The summed E-state index contributed by atoms with van der Waals surface area (Å²) in [6.07, 6.45) is -5.40. The van der Waals surface area contributed by atoms with E-state index >= 15 is 0 Å². The average Bonchev–Trinajstić information content (AvgIpc) is 2.67. The third-order valence-electron chi connectivity index (χ3n) is 4.42. The van der Waals surface area contributed by atoms with Gasteiger partial charge in [0, 0.05) is 23.6 Å². The van der Waals surface area contributed by atoms with Crippen LogP contribution in [0.15, 0.2) is 54.6 Å². The Morgan fingerprint density at radius 2 is 1.48 bits per heavy atom. The van der Waals surface area contributed by atoms with Crippen molar-refractivity contribution in [2.24, 2.45) is 0 Å². The van der Waals surface area contributed by atoms with Crippen LogP contribution in [0.2, 0.25) is 5.02 Å². The van der Waals surface area contributed by atoms with Crippen molar-refractivity contribution in [3.63, 3.8) is 0 Å². The predicted octanol–water partition coefficient (Wildman–Crippen LogP) is 6.08. The Morgan fingerprint density at radius 1 is 0.903 bits per heavy atom. The summed E-state index contributed by atoms with van der Waals surface area (Å²) in [6.45, 7) is 0. The normalized spacial score (nSPS) is 11.4. The maximum Gasteiger partial charge on any atom is 0.416 e. The third kappa shape index (κ3) is 5.40. The van der Waals surface area contributed by atoms with Gasteiger partial charge in [0.25, 0.3) is 0 Å². The number of Topliss-reactive ketones (excluding diaryl/α,β-unsaturated/α-hetero) is 1. The Hall–Kier alpha value is -3.39. The number of alkyl halides is 3. The van der Waals surface area contributed by atoms with Gasteiger partial charge in [0.1, 0.15) is 34.3 Å². The van der Waals surface area contributed by atoms with Crippen LogP contribution < -0.4 is 4.74 Å². The number of phenols is 3. The van der Waals surface area contributed by atoms with Crippen molar-refractivity contribution in [1.29, 1.82) is 0 Å².